The fraction of sp³-hybridized carbons (Fsp3) is 0.529. The average Bonchev–Trinajstić information content (AvgIpc) is 2.46. The van der Waals surface area contributed by atoms with Crippen LogP contribution < -0.4 is 5.32 Å². The Morgan fingerprint density at radius 2 is 1.95 bits per heavy atom. The number of hydrogen-bond donors (Lipinski definition) is 2. The second-order valence-electron chi connectivity index (χ2n) is 6.17. The van der Waals surface area contributed by atoms with E-state index in [-0.39, 0.29) is 17.7 Å². The molecule has 1 saturated carbocycles. The Hall–Kier alpha value is -1.84. The molecule has 1 fully saturated rings. The van der Waals surface area contributed by atoms with Crippen LogP contribution >= 0.6 is 0 Å². The van der Waals surface area contributed by atoms with Crippen LogP contribution in [-0.2, 0) is 16.0 Å². The summed E-state index contributed by atoms with van der Waals surface area (Å²) in [4.78, 5) is 23.1. The number of rotatable bonds is 5. The van der Waals surface area contributed by atoms with Gasteiger partial charge in [-0.25, -0.2) is 0 Å². The second-order valence-corrected chi connectivity index (χ2v) is 6.17. The molecule has 4 heteroatoms. The van der Waals surface area contributed by atoms with Crippen molar-refractivity contribution in [2.24, 2.45) is 5.41 Å². The first-order chi connectivity index (χ1) is 9.99. The van der Waals surface area contributed by atoms with Crippen LogP contribution in [0.3, 0.4) is 0 Å². The first kappa shape index (κ1) is 15.5. The van der Waals surface area contributed by atoms with E-state index >= 15 is 0 Å². The first-order valence-electron chi connectivity index (χ1n) is 7.62. The first-order valence-corrected chi connectivity index (χ1v) is 7.62. The standard InChI is InChI=1S/C17H23NO3/c1-17(10-3-2-4-11-17)16(21)18-14-7-5-6-13(12-14)8-9-15(19)20/h5-7,12H,2-4,8-11H2,1H3,(H,18,21)(H,19,20). The monoisotopic (exact) mass is 289 g/mol. The zero-order valence-electron chi connectivity index (χ0n) is 12.5. The topological polar surface area (TPSA) is 66.4 Å². The summed E-state index contributed by atoms with van der Waals surface area (Å²) in [6.07, 6.45) is 5.92. The van der Waals surface area contributed by atoms with Crippen LogP contribution in [0.5, 0.6) is 0 Å². The summed E-state index contributed by atoms with van der Waals surface area (Å²) in [5.41, 5.74) is 1.42. The summed E-state index contributed by atoms with van der Waals surface area (Å²) in [6, 6.07) is 7.47. The van der Waals surface area contributed by atoms with Crippen LogP contribution in [0.2, 0.25) is 0 Å². The molecule has 1 aliphatic carbocycles. The molecule has 0 saturated heterocycles. The van der Waals surface area contributed by atoms with Gasteiger partial charge in [-0.05, 0) is 37.0 Å². The van der Waals surface area contributed by atoms with Crippen LogP contribution in [0.15, 0.2) is 24.3 Å². The molecule has 0 heterocycles. The van der Waals surface area contributed by atoms with Gasteiger partial charge < -0.3 is 10.4 Å². The van der Waals surface area contributed by atoms with Gasteiger partial charge in [-0.2, -0.15) is 0 Å². The summed E-state index contributed by atoms with van der Waals surface area (Å²) >= 11 is 0. The van der Waals surface area contributed by atoms with E-state index in [0.29, 0.717) is 6.42 Å². The Morgan fingerprint density at radius 3 is 2.62 bits per heavy atom. The molecule has 1 aromatic rings. The third kappa shape index (κ3) is 4.31. The van der Waals surface area contributed by atoms with Crippen LogP contribution in [-0.4, -0.2) is 17.0 Å². The molecule has 2 N–H and O–H groups in total. The van der Waals surface area contributed by atoms with Crippen LogP contribution in [0.4, 0.5) is 5.69 Å². The molecule has 0 atom stereocenters. The number of benzene rings is 1. The quantitative estimate of drug-likeness (QED) is 0.870. The number of aryl methyl sites for hydroxylation is 1. The number of carbonyl (C=O) groups excluding carboxylic acids is 1. The van der Waals surface area contributed by atoms with Gasteiger partial charge in [0, 0.05) is 17.5 Å². The van der Waals surface area contributed by atoms with Gasteiger partial charge in [0.15, 0.2) is 0 Å². The van der Waals surface area contributed by atoms with E-state index in [9.17, 15) is 9.59 Å². The van der Waals surface area contributed by atoms with Gasteiger partial charge in [0.2, 0.25) is 5.91 Å². The number of anilines is 1. The predicted octanol–water partition coefficient (Wildman–Crippen LogP) is 3.61. The number of amides is 1. The molecular formula is C17H23NO3. The van der Waals surface area contributed by atoms with Crippen molar-refractivity contribution in [1.29, 1.82) is 0 Å². The number of carboxylic acid groups (broad SMARTS) is 1. The smallest absolute Gasteiger partial charge is 0.303 e. The molecular weight excluding hydrogens is 266 g/mol. The van der Waals surface area contributed by atoms with Crippen molar-refractivity contribution in [2.75, 3.05) is 5.32 Å². The van der Waals surface area contributed by atoms with Crippen molar-refractivity contribution in [2.45, 2.75) is 51.9 Å². The molecule has 0 bridgehead atoms. The van der Waals surface area contributed by atoms with Gasteiger partial charge >= 0.3 is 5.97 Å². The zero-order valence-corrected chi connectivity index (χ0v) is 12.5. The van der Waals surface area contributed by atoms with E-state index in [1.165, 1.54) is 6.42 Å². The van der Waals surface area contributed by atoms with Crippen molar-refractivity contribution in [3.8, 4) is 0 Å². The van der Waals surface area contributed by atoms with E-state index in [1.807, 2.05) is 31.2 Å². The fourth-order valence-corrected chi connectivity index (χ4v) is 2.90. The van der Waals surface area contributed by atoms with E-state index < -0.39 is 5.97 Å². The molecule has 114 valence electrons. The highest BCUT2D eigenvalue weighted by molar-refractivity contribution is 5.95. The van der Waals surface area contributed by atoms with Crippen molar-refractivity contribution in [3.63, 3.8) is 0 Å². The second kappa shape index (κ2) is 6.74. The minimum absolute atomic E-state index is 0.0811. The van der Waals surface area contributed by atoms with E-state index in [2.05, 4.69) is 5.32 Å². The van der Waals surface area contributed by atoms with Gasteiger partial charge in [0.05, 0.1) is 0 Å². The van der Waals surface area contributed by atoms with Gasteiger partial charge in [-0.15, -0.1) is 0 Å². The molecule has 0 spiro atoms. The highest BCUT2D eigenvalue weighted by atomic mass is 16.4. The number of hydrogen-bond acceptors (Lipinski definition) is 2. The van der Waals surface area contributed by atoms with Gasteiger partial charge in [-0.1, -0.05) is 38.3 Å². The van der Waals surface area contributed by atoms with Crippen LogP contribution in [0, 0.1) is 5.41 Å². The average molecular weight is 289 g/mol. The normalized spacial score (nSPS) is 17.2. The molecule has 4 nitrogen and oxygen atoms in total. The maximum Gasteiger partial charge on any atom is 0.303 e. The van der Waals surface area contributed by atoms with Crippen molar-refractivity contribution in [1.82, 2.24) is 0 Å². The minimum atomic E-state index is -0.806. The summed E-state index contributed by atoms with van der Waals surface area (Å²) < 4.78 is 0. The highest BCUT2D eigenvalue weighted by Gasteiger charge is 2.34. The summed E-state index contributed by atoms with van der Waals surface area (Å²) in [6.45, 7) is 2.04. The van der Waals surface area contributed by atoms with Gasteiger partial charge in [-0.3, -0.25) is 9.59 Å². The maximum atomic E-state index is 12.5. The molecule has 0 aliphatic heterocycles. The molecule has 0 radical (unpaired) electrons. The molecule has 2 rings (SSSR count). The Labute approximate surface area is 125 Å². The molecule has 21 heavy (non-hydrogen) atoms. The summed E-state index contributed by atoms with van der Waals surface area (Å²) in [5.74, 6) is -0.725. The van der Waals surface area contributed by atoms with Crippen molar-refractivity contribution in [3.05, 3.63) is 29.8 Å². The van der Waals surface area contributed by atoms with Gasteiger partial charge in [0.25, 0.3) is 0 Å². The van der Waals surface area contributed by atoms with E-state index in [4.69, 9.17) is 5.11 Å². The third-order valence-electron chi connectivity index (χ3n) is 4.32. The van der Waals surface area contributed by atoms with E-state index in [1.54, 1.807) is 0 Å². The lowest BCUT2D eigenvalue weighted by atomic mass is 9.75. The number of nitrogens with one attached hydrogen (secondary N) is 1. The van der Waals surface area contributed by atoms with Gasteiger partial charge in [0.1, 0.15) is 0 Å². The Bertz CT molecular complexity index is 519. The summed E-state index contributed by atoms with van der Waals surface area (Å²) in [5, 5.41) is 11.7. The molecule has 1 aliphatic rings. The van der Waals surface area contributed by atoms with Crippen LogP contribution in [0.1, 0.15) is 51.0 Å². The number of aliphatic carboxylic acids is 1. The Morgan fingerprint density at radius 1 is 1.24 bits per heavy atom. The fourth-order valence-electron chi connectivity index (χ4n) is 2.90. The molecule has 0 unspecified atom stereocenters. The Balaban J connectivity index is 2.00. The number of carbonyl (C=O) groups is 2. The third-order valence-corrected chi connectivity index (χ3v) is 4.32. The van der Waals surface area contributed by atoms with E-state index in [0.717, 1.165) is 36.9 Å². The van der Waals surface area contributed by atoms with Crippen molar-refractivity contribution < 1.29 is 14.7 Å². The lowest BCUT2D eigenvalue weighted by molar-refractivity contribution is -0.137. The highest BCUT2D eigenvalue weighted by Crippen LogP contribution is 2.36. The predicted molar refractivity (Wildman–Crippen MR) is 82.2 cm³/mol. The zero-order chi connectivity index (χ0) is 15.3. The SMILES string of the molecule is CC1(C(=O)Nc2cccc(CCC(=O)O)c2)CCCCC1. The largest absolute Gasteiger partial charge is 0.481 e. The minimum Gasteiger partial charge on any atom is -0.481 e. The molecule has 1 aromatic carbocycles. The number of carboxylic acids is 1. The molecule has 1 amide bonds. The summed E-state index contributed by atoms with van der Waals surface area (Å²) in [7, 11) is 0. The van der Waals surface area contributed by atoms with Crippen LogP contribution in [0.25, 0.3) is 0 Å². The van der Waals surface area contributed by atoms with Crippen molar-refractivity contribution >= 4 is 17.6 Å². The molecule has 0 aromatic heterocycles. The lowest BCUT2D eigenvalue weighted by Gasteiger charge is -2.32. The lowest BCUT2D eigenvalue weighted by Crippen LogP contribution is -2.35. The maximum absolute atomic E-state index is 12.5. The Kier molecular flexibility index (Phi) is 4.99.